The van der Waals surface area contributed by atoms with Gasteiger partial charge in [-0.3, -0.25) is 5.01 Å². The quantitative estimate of drug-likeness (QED) is 0.603. The van der Waals surface area contributed by atoms with Gasteiger partial charge in [-0.2, -0.15) is 5.10 Å². The fourth-order valence-electron chi connectivity index (χ4n) is 1.88. The zero-order valence-electron chi connectivity index (χ0n) is 11.4. The van der Waals surface area contributed by atoms with Gasteiger partial charge in [-0.1, -0.05) is 12.1 Å². The molecule has 5 nitrogen and oxygen atoms in total. The minimum absolute atomic E-state index is 0.317. The van der Waals surface area contributed by atoms with Crippen molar-refractivity contribution in [1.82, 2.24) is 9.91 Å². The lowest BCUT2D eigenvalue weighted by Crippen LogP contribution is -2.41. The second-order valence-electron chi connectivity index (χ2n) is 4.62. The predicted octanol–water partition coefficient (Wildman–Crippen LogP) is 1.05. The Labute approximate surface area is 113 Å². The van der Waals surface area contributed by atoms with E-state index in [1.807, 2.05) is 18.3 Å². The molecule has 1 fully saturated rings. The Balaban J connectivity index is 1.94. The van der Waals surface area contributed by atoms with E-state index in [9.17, 15) is 4.79 Å². The Hall–Kier alpha value is -1.88. The molecule has 0 amide bonds. The molecule has 19 heavy (non-hydrogen) atoms. The highest BCUT2D eigenvalue weighted by Gasteiger charge is 2.10. The molecular formula is C14H19N3O2. The Morgan fingerprint density at radius 3 is 2.42 bits per heavy atom. The molecule has 0 aliphatic carbocycles. The van der Waals surface area contributed by atoms with Gasteiger partial charge >= 0.3 is 5.97 Å². The van der Waals surface area contributed by atoms with Gasteiger partial charge in [-0.15, -0.1) is 0 Å². The topological polar surface area (TPSA) is 45.1 Å². The molecule has 1 aliphatic rings. The first-order valence-electron chi connectivity index (χ1n) is 6.35. The summed E-state index contributed by atoms with van der Waals surface area (Å²) in [6.45, 7) is 3.98. The fourth-order valence-corrected chi connectivity index (χ4v) is 1.88. The number of methoxy groups -OCH3 is 1. The van der Waals surface area contributed by atoms with Crippen LogP contribution >= 0.6 is 0 Å². The van der Waals surface area contributed by atoms with Gasteiger partial charge in [0.2, 0.25) is 0 Å². The van der Waals surface area contributed by atoms with Crippen molar-refractivity contribution in [2.24, 2.45) is 5.10 Å². The van der Waals surface area contributed by atoms with E-state index >= 15 is 0 Å². The van der Waals surface area contributed by atoms with Crippen LogP contribution in [0.2, 0.25) is 0 Å². The molecule has 0 unspecified atom stereocenters. The molecule has 1 saturated heterocycles. The monoisotopic (exact) mass is 261 g/mol. The van der Waals surface area contributed by atoms with Gasteiger partial charge in [-0.05, 0) is 24.7 Å². The predicted molar refractivity (Wildman–Crippen MR) is 74.4 cm³/mol. The third kappa shape index (κ3) is 3.79. The summed E-state index contributed by atoms with van der Waals surface area (Å²) < 4.78 is 4.66. The largest absolute Gasteiger partial charge is 0.465 e. The summed E-state index contributed by atoms with van der Waals surface area (Å²) in [6, 6.07) is 7.23. The van der Waals surface area contributed by atoms with Crippen molar-refractivity contribution < 1.29 is 9.53 Å². The molecule has 0 aromatic heterocycles. The minimum atomic E-state index is -0.317. The van der Waals surface area contributed by atoms with Gasteiger partial charge in [-0.25, -0.2) is 4.79 Å². The SMILES string of the molecule is COC(=O)c1ccc(/C=N\N2CCN(C)CC2)cc1. The lowest BCUT2D eigenvalue weighted by atomic mass is 10.1. The van der Waals surface area contributed by atoms with E-state index in [1.54, 1.807) is 12.1 Å². The van der Waals surface area contributed by atoms with Crippen LogP contribution in [-0.2, 0) is 4.74 Å². The number of rotatable bonds is 3. The Morgan fingerprint density at radius 1 is 1.21 bits per heavy atom. The van der Waals surface area contributed by atoms with Crippen LogP contribution in [0.1, 0.15) is 15.9 Å². The van der Waals surface area contributed by atoms with E-state index in [-0.39, 0.29) is 5.97 Å². The van der Waals surface area contributed by atoms with Gasteiger partial charge in [0, 0.05) is 26.2 Å². The summed E-state index contributed by atoms with van der Waals surface area (Å²) in [5.74, 6) is -0.317. The maximum atomic E-state index is 11.3. The second-order valence-corrected chi connectivity index (χ2v) is 4.62. The van der Waals surface area contributed by atoms with E-state index < -0.39 is 0 Å². The van der Waals surface area contributed by atoms with Crippen LogP contribution in [0, 0.1) is 0 Å². The summed E-state index contributed by atoms with van der Waals surface area (Å²) in [5, 5.41) is 6.51. The van der Waals surface area contributed by atoms with Gasteiger partial charge < -0.3 is 9.64 Å². The van der Waals surface area contributed by atoms with Crippen molar-refractivity contribution in [2.75, 3.05) is 40.3 Å². The molecular weight excluding hydrogens is 242 g/mol. The summed E-state index contributed by atoms with van der Waals surface area (Å²) in [5.41, 5.74) is 1.53. The molecule has 102 valence electrons. The normalized spacial score (nSPS) is 16.8. The van der Waals surface area contributed by atoms with Gasteiger partial charge in [0.05, 0.1) is 18.9 Å². The van der Waals surface area contributed by atoms with Crippen molar-refractivity contribution in [1.29, 1.82) is 0 Å². The number of piperazine rings is 1. The van der Waals surface area contributed by atoms with Crippen molar-refractivity contribution in [2.45, 2.75) is 0 Å². The maximum absolute atomic E-state index is 11.3. The maximum Gasteiger partial charge on any atom is 0.337 e. The van der Waals surface area contributed by atoms with Crippen LogP contribution < -0.4 is 0 Å². The number of carbonyl (C=O) groups excluding carboxylic acids is 1. The summed E-state index contributed by atoms with van der Waals surface area (Å²) in [4.78, 5) is 13.6. The molecule has 0 spiro atoms. The summed E-state index contributed by atoms with van der Waals surface area (Å²) in [7, 11) is 3.50. The van der Waals surface area contributed by atoms with Crippen LogP contribution in [0.15, 0.2) is 29.4 Å². The number of carbonyl (C=O) groups is 1. The van der Waals surface area contributed by atoms with Crippen molar-refractivity contribution in [3.8, 4) is 0 Å². The summed E-state index contributed by atoms with van der Waals surface area (Å²) >= 11 is 0. The van der Waals surface area contributed by atoms with Crippen LogP contribution in [0.5, 0.6) is 0 Å². The van der Waals surface area contributed by atoms with Crippen molar-refractivity contribution in [3.63, 3.8) is 0 Å². The zero-order valence-corrected chi connectivity index (χ0v) is 11.4. The molecule has 0 saturated carbocycles. The first-order valence-corrected chi connectivity index (χ1v) is 6.35. The lowest BCUT2D eigenvalue weighted by molar-refractivity contribution is 0.0601. The lowest BCUT2D eigenvalue weighted by Gasteiger charge is -2.30. The van der Waals surface area contributed by atoms with Gasteiger partial charge in [0.1, 0.15) is 0 Å². The van der Waals surface area contributed by atoms with E-state index in [1.165, 1.54) is 7.11 Å². The molecule has 0 atom stereocenters. The first kappa shape index (κ1) is 13.5. The number of likely N-dealkylation sites (N-methyl/N-ethyl adjacent to an activating group) is 1. The smallest absolute Gasteiger partial charge is 0.337 e. The van der Waals surface area contributed by atoms with Crippen LogP contribution in [0.3, 0.4) is 0 Å². The molecule has 0 bridgehead atoms. The number of esters is 1. The zero-order chi connectivity index (χ0) is 13.7. The standard InChI is InChI=1S/C14H19N3O2/c1-16-7-9-17(10-8-16)15-11-12-3-5-13(6-4-12)14(18)19-2/h3-6,11H,7-10H2,1-2H3/b15-11-. The number of nitrogens with zero attached hydrogens (tertiary/aromatic N) is 3. The molecule has 0 radical (unpaired) electrons. The molecule has 1 aromatic rings. The Kier molecular flexibility index (Phi) is 4.52. The van der Waals surface area contributed by atoms with Crippen LogP contribution in [-0.4, -0.2) is 62.4 Å². The summed E-state index contributed by atoms with van der Waals surface area (Å²) in [6.07, 6.45) is 1.83. The van der Waals surface area contributed by atoms with Crippen molar-refractivity contribution in [3.05, 3.63) is 35.4 Å². The highest BCUT2D eigenvalue weighted by molar-refractivity contribution is 5.90. The number of hydrogen-bond acceptors (Lipinski definition) is 5. The van der Waals surface area contributed by atoms with Crippen LogP contribution in [0.25, 0.3) is 0 Å². The molecule has 1 heterocycles. The third-order valence-corrected chi connectivity index (χ3v) is 3.18. The van der Waals surface area contributed by atoms with Gasteiger partial charge in [0.15, 0.2) is 0 Å². The molecule has 1 aromatic carbocycles. The molecule has 5 heteroatoms. The molecule has 1 aliphatic heterocycles. The fraction of sp³-hybridized carbons (Fsp3) is 0.429. The van der Waals surface area contributed by atoms with E-state index in [4.69, 9.17) is 0 Å². The van der Waals surface area contributed by atoms with Crippen LogP contribution in [0.4, 0.5) is 0 Å². The minimum Gasteiger partial charge on any atom is -0.465 e. The average molecular weight is 261 g/mol. The second kappa shape index (κ2) is 6.33. The number of hydrazone groups is 1. The Morgan fingerprint density at radius 2 is 1.84 bits per heavy atom. The van der Waals surface area contributed by atoms with Crippen molar-refractivity contribution >= 4 is 12.2 Å². The number of benzene rings is 1. The van der Waals surface area contributed by atoms with E-state index in [0.29, 0.717) is 5.56 Å². The molecule has 0 N–H and O–H groups in total. The van der Waals surface area contributed by atoms with E-state index in [0.717, 1.165) is 31.7 Å². The Bertz CT molecular complexity index is 448. The number of hydrogen-bond donors (Lipinski definition) is 0. The number of ether oxygens (including phenoxy) is 1. The first-order chi connectivity index (χ1) is 9.19. The average Bonchev–Trinajstić information content (AvgIpc) is 2.46. The third-order valence-electron chi connectivity index (χ3n) is 3.18. The van der Waals surface area contributed by atoms with E-state index in [2.05, 4.69) is 26.8 Å². The highest BCUT2D eigenvalue weighted by Crippen LogP contribution is 2.05. The highest BCUT2D eigenvalue weighted by atomic mass is 16.5. The molecule has 2 rings (SSSR count). The van der Waals surface area contributed by atoms with Gasteiger partial charge in [0.25, 0.3) is 0 Å².